The first-order valence-electron chi connectivity index (χ1n) is 8.72. The van der Waals surface area contributed by atoms with Gasteiger partial charge >= 0.3 is 0 Å². The van der Waals surface area contributed by atoms with Crippen LogP contribution in [0.15, 0.2) is 36.4 Å². The second-order valence-electron chi connectivity index (χ2n) is 7.27. The van der Waals surface area contributed by atoms with Gasteiger partial charge in [0.1, 0.15) is 17.3 Å². The molecular formula is C21H25FO2. The van der Waals surface area contributed by atoms with Crippen molar-refractivity contribution in [2.75, 3.05) is 0 Å². The molecule has 0 saturated carbocycles. The highest BCUT2D eigenvalue weighted by atomic mass is 19.1. The Labute approximate surface area is 143 Å². The molecule has 2 nitrogen and oxygen atoms in total. The van der Waals surface area contributed by atoms with Crippen LogP contribution in [0.3, 0.4) is 0 Å². The standard InChI is InChI=1S/C21H25FO2/c1-21(2,23)14-4-5-15-8-10-16(11-9-15)24-20-13-12-19(22)17-6-3-7-18(17)20/h8-13,23H,3-7,14H2,1-2H3. The summed E-state index contributed by atoms with van der Waals surface area (Å²) in [6.45, 7) is 3.68. The normalized spacial score (nSPS) is 13.8. The molecule has 0 atom stereocenters. The van der Waals surface area contributed by atoms with Crippen molar-refractivity contribution in [3.05, 3.63) is 58.9 Å². The molecule has 24 heavy (non-hydrogen) atoms. The van der Waals surface area contributed by atoms with Crippen LogP contribution in [0, 0.1) is 5.82 Å². The highest BCUT2D eigenvalue weighted by Crippen LogP contribution is 2.35. The molecule has 2 aromatic rings. The highest BCUT2D eigenvalue weighted by Gasteiger charge is 2.20. The minimum Gasteiger partial charge on any atom is -0.457 e. The fourth-order valence-corrected chi connectivity index (χ4v) is 3.30. The Hall–Kier alpha value is -1.87. The molecule has 0 aliphatic heterocycles. The number of ether oxygens (including phenoxy) is 1. The number of hydrogen-bond acceptors (Lipinski definition) is 2. The maximum Gasteiger partial charge on any atom is 0.131 e. The largest absolute Gasteiger partial charge is 0.457 e. The van der Waals surface area contributed by atoms with Crippen LogP contribution in [0.1, 0.15) is 49.8 Å². The third-order valence-corrected chi connectivity index (χ3v) is 4.59. The lowest BCUT2D eigenvalue weighted by Crippen LogP contribution is -2.18. The second-order valence-corrected chi connectivity index (χ2v) is 7.27. The predicted octanol–water partition coefficient (Wildman–Crippen LogP) is 5.20. The summed E-state index contributed by atoms with van der Waals surface area (Å²) in [7, 11) is 0. The monoisotopic (exact) mass is 328 g/mol. The van der Waals surface area contributed by atoms with Crippen molar-refractivity contribution in [1.29, 1.82) is 0 Å². The zero-order valence-corrected chi connectivity index (χ0v) is 14.4. The Kier molecular flexibility index (Phi) is 4.91. The average molecular weight is 328 g/mol. The molecule has 0 fully saturated rings. The van der Waals surface area contributed by atoms with Gasteiger partial charge in [-0.3, -0.25) is 0 Å². The van der Waals surface area contributed by atoms with Gasteiger partial charge in [-0.25, -0.2) is 4.39 Å². The van der Waals surface area contributed by atoms with Crippen LogP contribution in [0.2, 0.25) is 0 Å². The summed E-state index contributed by atoms with van der Waals surface area (Å²) < 4.78 is 19.8. The minimum absolute atomic E-state index is 0.114. The number of rotatable bonds is 6. The minimum atomic E-state index is -0.605. The molecule has 128 valence electrons. The van der Waals surface area contributed by atoms with Gasteiger partial charge in [0.25, 0.3) is 0 Å². The molecule has 0 radical (unpaired) electrons. The van der Waals surface area contributed by atoms with Crippen LogP contribution >= 0.6 is 0 Å². The Balaban J connectivity index is 1.64. The molecule has 1 aliphatic carbocycles. The van der Waals surface area contributed by atoms with Gasteiger partial charge in [0.05, 0.1) is 5.60 Å². The van der Waals surface area contributed by atoms with Crippen molar-refractivity contribution < 1.29 is 14.2 Å². The maximum atomic E-state index is 13.8. The molecule has 3 heteroatoms. The van der Waals surface area contributed by atoms with Crippen LogP contribution in [0.5, 0.6) is 11.5 Å². The Morgan fingerprint density at radius 2 is 1.75 bits per heavy atom. The van der Waals surface area contributed by atoms with Gasteiger partial charge in [0, 0.05) is 5.56 Å². The van der Waals surface area contributed by atoms with Crippen molar-refractivity contribution in [3.63, 3.8) is 0 Å². The fraction of sp³-hybridized carbons (Fsp3) is 0.429. The van der Waals surface area contributed by atoms with E-state index in [1.165, 1.54) is 11.6 Å². The van der Waals surface area contributed by atoms with Crippen LogP contribution in [0.4, 0.5) is 4.39 Å². The lowest BCUT2D eigenvalue weighted by atomic mass is 9.99. The van der Waals surface area contributed by atoms with Gasteiger partial charge in [0.2, 0.25) is 0 Å². The molecule has 1 aliphatic rings. The van der Waals surface area contributed by atoms with Crippen molar-refractivity contribution in [3.8, 4) is 11.5 Å². The lowest BCUT2D eigenvalue weighted by molar-refractivity contribution is 0.0689. The van der Waals surface area contributed by atoms with Gasteiger partial charge in [-0.15, -0.1) is 0 Å². The van der Waals surface area contributed by atoms with Crippen LogP contribution < -0.4 is 4.74 Å². The van der Waals surface area contributed by atoms with E-state index >= 15 is 0 Å². The first-order valence-corrected chi connectivity index (χ1v) is 8.72. The summed E-state index contributed by atoms with van der Waals surface area (Å²) in [5.41, 5.74) is 2.46. The quantitative estimate of drug-likeness (QED) is 0.789. The van der Waals surface area contributed by atoms with E-state index in [1.807, 2.05) is 26.0 Å². The molecule has 0 aromatic heterocycles. The molecule has 1 N–H and O–H groups in total. The van der Waals surface area contributed by atoms with E-state index in [1.54, 1.807) is 6.07 Å². The first-order chi connectivity index (χ1) is 11.4. The van der Waals surface area contributed by atoms with Gasteiger partial charge < -0.3 is 9.84 Å². The zero-order valence-electron chi connectivity index (χ0n) is 14.4. The smallest absolute Gasteiger partial charge is 0.131 e. The van der Waals surface area contributed by atoms with Crippen molar-refractivity contribution in [2.45, 2.75) is 58.0 Å². The van der Waals surface area contributed by atoms with Crippen molar-refractivity contribution >= 4 is 0 Å². The number of aliphatic hydroxyl groups is 1. The van der Waals surface area contributed by atoms with Gasteiger partial charge in [0.15, 0.2) is 0 Å². The third-order valence-electron chi connectivity index (χ3n) is 4.59. The predicted molar refractivity (Wildman–Crippen MR) is 94.2 cm³/mol. The molecule has 0 amide bonds. The van der Waals surface area contributed by atoms with E-state index in [9.17, 15) is 9.50 Å². The van der Waals surface area contributed by atoms with Gasteiger partial charge in [-0.1, -0.05) is 12.1 Å². The van der Waals surface area contributed by atoms with Crippen LogP contribution in [-0.2, 0) is 19.3 Å². The van der Waals surface area contributed by atoms with Crippen LogP contribution in [-0.4, -0.2) is 10.7 Å². The SMILES string of the molecule is CC(C)(O)CCCc1ccc(Oc2ccc(F)c3c2CCC3)cc1. The number of halogens is 1. The Bertz CT molecular complexity index is 699. The zero-order chi connectivity index (χ0) is 17.2. The molecule has 0 saturated heterocycles. The Morgan fingerprint density at radius 3 is 2.46 bits per heavy atom. The Morgan fingerprint density at radius 1 is 1.04 bits per heavy atom. The van der Waals surface area contributed by atoms with Crippen molar-refractivity contribution in [2.24, 2.45) is 0 Å². The molecule has 2 aromatic carbocycles. The summed E-state index contributed by atoms with van der Waals surface area (Å²) in [6.07, 6.45) is 5.36. The molecule has 3 rings (SSSR count). The summed E-state index contributed by atoms with van der Waals surface area (Å²) in [5, 5.41) is 9.75. The molecular weight excluding hydrogens is 303 g/mol. The third kappa shape index (κ3) is 4.15. The summed E-state index contributed by atoms with van der Waals surface area (Å²) in [5.74, 6) is 1.44. The van der Waals surface area contributed by atoms with Crippen molar-refractivity contribution in [1.82, 2.24) is 0 Å². The summed E-state index contributed by atoms with van der Waals surface area (Å²) in [4.78, 5) is 0. The molecule has 0 spiro atoms. The van der Waals surface area contributed by atoms with E-state index in [0.29, 0.717) is 0 Å². The van der Waals surface area contributed by atoms with E-state index < -0.39 is 5.60 Å². The summed E-state index contributed by atoms with van der Waals surface area (Å²) in [6, 6.07) is 11.3. The highest BCUT2D eigenvalue weighted by molar-refractivity contribution is 5.46. The van der Waals surface area contributed by atoms with E-state index in [4.69, 9.17) is 4.74 Å². The molecule has 0 bridgehead atoms. The number of fused-ring (bicyclic) bond motifs is 1. The first kappa shape index (κ1) is 17.0. The topological polar surface area (TPSA) is 29.5 Å². The van der Waals surface area contributed by atoms with E-state index in [0.717, 1.165) is 61.2 Å². The fourth-order valence-electron chi connectivity index (χ4n) is 3.30. The molecule has 0 unspecified atom stereocenters. The van der Waals surface area contributed by atoms with E-state index in [-0.39, 0.29) is 5.82 Å². The van der Waals surface area contributed by atoms with Crippen LogP contribution in [0.25, 0.3) is 0 Å². The average Bonchev–Trinajstić information content (AvgIpc) is 3.01. The second kappa shape index (κ2) is 6.94. The summed E-state index contributed by atoms with van der Waals surface area (Å²) >= 11 is 0. The number of benzene rings is 2. The van der Waals surface area contributed by atoms with Gasteiger partial charge in [-0.05, 0) is 87.8 Å². The number of aryl methyl sites for hydroxylation is 1. The molecule has 0 heterocycles. The number of hydrogen-bond donors (Lipinski definition) is 1. The lowest BCUT2D eigenvalue weighted by Gasteiger charge is -2.16. The maximum absolute atomic E-state index is 13.8. The van der Waals surface area contributed by atoms with E-state index in [2.05, 4.69) is 12.1 Å². The van der Waals surface area contributed by atoms with Gasteiger partial charge in [-0.2, -0.15) is 0 Å².